The van der Waals surface area contributed by atoms with Gasteiger partial charge in [-0.1, -0.05) is 30.0 Å². The Hall–Kier alpha value is -3.40. The highest BCUT2D eigenvalue weighted by atomic mass is 32.2. The van der Waals surface area contributed by atoms with E-state index in [9.17, 15) is 0 Å². The SMILES string of the molecule is Cc1occc1-c1nnc(SCc2nc(N)nc(Nc3ccccc3)n2)n1C. The molecule has 142 valence electrons. The quantitative estimate of drug-likeness (QED) is 0.475. The summed E-state index contributed by atoms with van der Waals surface area (Å²) in [6.07, 6.45) is 1.64. The first-order chi connectivity index (χ1) is 13.6. The molecule has 10 heteroatoms. The maximum atomic E-state index is 5.84. The lowest BCUT2D eigenvalue weighted by molar-refractivity contribution is 0.534. The van der Waals surface area contributed by atoms with E-state index in [1.807, 2.05) is 54.9 Å². The average molecular weight is 394 g/mol. The van der Waals surface area contributed by atoms with Crippen LogP contribution >= 0.6 is 11.8 Å². The zero-order chi connectivity index (χ0) is 19.5. The number of furan rings is 1. The smallest absolute Gasteiger partial charge is 0.232 e. The van der Waals surface area contributed by atoms with Gasteiger partial charge in [0.2, 0.25) is 11.9 Å². The molecule has 3 heterocycles. The van der Waals surface area contributed by atoms with E-state index in [4.69, 9.17) is 10.2 Å². The molecular weight excluding hydrogens is 376 g/mol. The Bertz CT molecular complexity index is 1090. The number of thioether (sulfide) groups is 1. The van der Waals surface area contributed by atoms with Crippen LogP contribution in [0, 0.1) is 6.92 Å². The van der Waals surface area contributed by atoms with Gasteiger partial charge in [0.1, 0.15) is 11.6 Å². The average Bonchev–Trinajstić information content (AvgIpc) is 3.25. The van der Waals surface area contributed by atoms with Crippen LogP contribution in [0.5, 0.6) is 0 Å². The Morgan fingerprint density at radius 3 is 2.68 bits per heavy atom. The highest BCUT2D eigenvalue weighted by Crippen LogP contribution is 2.27. The minimum Gasteiger partial charge on any atom is -0.469 e. The van der Waals surface area contributed by atoms with Crippen molar-refractivity contribution in [1.29, 1.82) is 0 Å². The number of hydrogen-bond donors (Lipinski definition) is 2. The Balaban J connectivity index is 1.50. The third-order valence-corrected chi connectivity index (χ3v) is 5.01. The summed E-state index contributed by atoms with van der Waals surface area (Å²) in [6, 6.07) is 11.5. The van der Waals surface area contributed by atoms with Crippen molar-refractivity contribution in [2.75, 3.05) is 11.1 Å². The van der Waals surface area contributed by atoms with E-state index >= 15 is 0 Å². The fourth-order valence-corrected chi connectivity index (χ4v) is 3.40. The molecule has 0 fully saturated rings. The second kappa shape index (κ2) is 7.69. The first kappa shape index (κ1) is 18.0. The molecule has 28 heavy (non-hydrogen) atoms. The maximum absolute atomic E-state index is 5.84. The second-order valence-corrected chi connectivity index (χ2v) is 6.91. The molecule has 0 atom stereocenters. The van der Waals surface area contributed by atoms with E-state index in [2.05, 4.69) is 30.5 Å². The zero-order valence-electron chi connectivity index (χ0n) is 15.3. The standard InChI is InChI=1S/C18H18N8OS/c1-11-13(8-9-27-11)15-24-25-18(26(15)2)28-10-14-21-16(19)23-17(22-14)20-12-6-4-3-5-7-12/h3-9H,10H2,1-2H3,(H3,19,20,21,22,23). The second-order valence-electron chi connectivity index (χ2n) is 5.97. The Morgan fingerprint density at radius 2 is 1.93 bits per heavy atom. The fraction of sp³-hybridized carbons (Fsp3) is 0.167. The van der Waals surface area contributed by atoms with Gasteiger partial charge in [0.15, 0.2) is 11.0 Å². The van der Waals surface area contributed by atoms with Crippen molar-refractivity contribution >= 4 is 29.3 Å². The number of nitrogens with one attached hydrogen (secondary N) is 1. The molecule has 1 aromatic carbocycles. The highest BCUT2D eigenvalue weighted by molar-refractivity contribution is 7.98. The van der Waals surface area contributed by atoms with Gasteiger partial charge in [-0.05, 0) is 25.1 Å². The minimum atomic E-state index is 0.164. The number of anilines is 3. The molecule has 3 N–H and O–H groups in total. The first-order valence-electron chi connectivity index (χ1n) is 8.49. The summed E-state index contributed by atoms with van der Waals surface area (Å²) in [4.78, 5) is 12.8. The largest absolute Gasteiger partial charge is 0.469 e. The van der Waals surface area contributed by atoms with Crippen molar-refractivity contribution in [2.45, 2.75) is 17.8 Å². The summed E-state index contributed by atoms with van der Waals surface area (Å²) in [7, 11) is 1.91. The predicted octanol–water partition coefficient (Wildman–Crippen LogP) is 3.19. The number of hydrogen-bond acceptors (Lipinski definition) is 9. The van der Waals surface area contributed by atoms with Crippen molar-refractivity contribution in [3.8, 4) is 11.4 Å². The molecule has 0 spiro atoms. The molecule has 0 aliphatic rings. The van der Waals surface area contributed by atoms with Crippen molar-refractivity contribution in [3.05, 3.63) is 54.2 Å². The number of benzene rings is 1. The van der Waals surface area contributed by atoms with E-state index in [0.717, 1.165) is 28.0 Å². The van der Waals surface area contributed by atoms with Crippen molar-refractivity contribution in [2.24, 2.45) is 7.05 Å². The van der Waals surface area contributed by atoms with Crippen LogP contribution in [-0.4, -0.2) is 29.7 Å². The fourth-order valence-electron chi connectivity index (χ4n) is 2.63. The monoisotopic (exact) mass is 394 g/mol. The predicted molar refractivity (Wildman–Crippen MR) is 107 cm³/mol. The Morgan fingerprint density at radius 1 is 1.11 bits per heavy atom. The molecule has 3 aromatic heterocycles. The summed E-state index contributed by atoms with van der Waals surface area (Å²) in [5.41, 5.74) is 7.63. The van der Waals surface area contributed by atoms with E-state index < -0.39 is 0 Å². The number of aromatic nitrogens is 6. The molecule has 4 rings (SSSR count). The first-order valence-corrected chi connectivity index (χ1v) is 9.48. The molecule has 0 saturated carbocycles. The maximum Gasteiger partial charge on any atom is 0.232 e. The van der Waals surface area contributed by atoms with Crippen molar-refractivity contribution in [3.63, 3.8) is 0 Å². The van der Waals surface area contributed by atoms with Crippen molar-refractivity contribution < 1.29 is 4.42 Å². The van der Waals surface area contributed by atoms with Gasteiger partial charge in [-0.3, -0.25) is 0 Å². The van der Waals surface area contributed by atoms with Crippen LogP contribution < -0.4 is 11.1 Å². The van der Waals surface area contributed by atoms with Gasteiger partial charge in [-0.15, -0.1) is 10.2 Å². The lowest BCUT2D eigenvalue weighted by Crippen LogP contribution is -2.06. The molecule has 0 unspecified atom stereocenters. The number of nitrogen functional groups attached to an aromatic ring is 1. The van der Waals surface area contributed by atoms with Gasteiger partial charge < -0.3 is 20.0 Å². The van der Waals surface area contributed by atoms with Crippen molar-refractivity contribution in [1.82, 2.24) is 29.7 Å². The van der Waals surface area contributed by atoms with Crippen LogP contribution in [0.3, 0.4) is 0 Å². The summed E-state index contributed by atoms with van der Waals surface area (Å²) in [6.45, 7) is 1.89. The van der Waals surface area contributed by atoms with Crippen LogP contribution in [-0.2, 0) is 12.8 Å². The molecule has 0 amide bonds. The minimum absolute atomic E-state index is 0.164. The number of aryl methyl sites for hydroxylation is 1. The third-order valence-electron chi connectivity index (χ3n) is 3.99. The van der Waals surface area contributed by atoms with Gasteiger partial charge in [0.05, 0.1) is 17.6 Å². The van der Waals surface area contributed by atoms with Crippen LogP contribution in [0.25, 0.3) is 11.4 Å². The van der Waals surface area contributed by atoms with Crippen LogP contribution in [0.15, 0.2) is 52.2 Å². The molecule has 9 nitrogen and oxygen atoms in total. The van der Waals surface area contributed by atoms with Crippen LogP contribution in [0.4, 0.5) is 17.6 Å². The number of rotatable bonds is 6. The molecule has 0 aliphatic heterocycles. The summed E-state index contributed by atoms with van der Waals surface area (Å²) in [5, 5.41) is 12.4. The summed E-state index contributed by atoms with van der Waals surface area (Å²) < 4.78 is 7.26. The number of nitrogens with zero attached hydrogens (tertiary/aromatic N) is 6. The van der Waals surface area contributed by atoms with Gasteiger partial charge >= 0.3 is 0 Å². The van der Waals surface area contributed by atoms with E-state index in [-0.39, 0.29) is 5.95 Å². The number of nitrogens with two attached hydrogens (primary N) is 1. The molecular formula is C18H18N8OS. The third kappa shape index (κ3) is 3.81. The zero-order valence-corrected chi connectivity index (χ0v) is 16.1. The highest BCUT2D eigenvalue weighted by Gasteiger charge is 2.15. The molecule has 0 bridgehead atoms. The molecule has 0 saturated heterocycles. The van der Waals surface area contributed by atoms with Gasteiger partial charge in [-0.25, -0.2) is 0 Å². The normalized spacial score (nSPS) is 10.9. The Labute approximate surface area is 165 Å². The van der Waals surface area contributed by atoms with E-state index in [1.54, 1.807) is 6.26 Å². The topological polar surface area (TPSA) is 121 Å². The lowest BCUT2D eigenvalue weighted by Gasteiger charge is -2.07. The van der Waals surface area contributed by atoms with E-state index in [0.29, 0.717) is 17.5 Å². The van der Waals surface area contributed by atoms with Gasteiger partial charge in [0, 0.05) is 12.7 Å². The molecule has 0 aliphatic carbocycles. The summed E-state index contributed by atoms with van der Waals surface area (Å²) in [5.74, 6) is 3.15. The Kier molecular flexibility index (Phi) is 4.94. The van der Waals surface area contributed by atoms with E-state index in [1.165, 1.54) is 11.8 Å². The number of para-hydroxylation sites is 1. The van der Waals surface area contributed by atoms with Crippen LogP contribution in [0.2, 0.25) is 0 Å². The summed E-state index contributed by atoms with van der Waals surface area (Å²) >= 11 is 1.47. The lowest BCUT2D eigenvalue weighted by atomic mass is 10.2. The van der Waals surface area contributed by atoms with Gasteiger partial charge in [0.25, 0.3) is 0 Å². The van der Waals surface area contributed by atoms with Crippen LogP contribution in [0.1, 0.15) is 11.6 Å². The molecule has 0 radical (unpaired) electrons. The molecule has 4 aromatic rings. The van der Waals surface area contributed by atoms with Gasteiger partial charge in [-0.2, -0.15) is 15.0 Å².